The molecule has 1 fully saturated rings. The van der Waals surface area contributed by atoms with Crippen LogP contribution in [0.15, 0.2) is 39.4 Å². The van der Waals surface area contributed by atoms with E-state index in [0.717, 1.165) is 25.0 Å². The number of hydrogen-bond donors (Lipinski definition) is 0. The molecule has 0 bridgehead atoms. The summed E-state index contributed by atoms with van der Waals surface area (Å²) in [6, 6.07) is 10.2. The van der Waals surface area contributed by atoms with Gasteiger partial charge in [0, 0.05) is 13.5 Å². The second-order valence-corrected chi connectivity index (χ2v) is 5.91. The van der Waals surface area contributed by atoms with Crippen molar-refractivity contribution in [1.82, 2.24) is 20.3 Å². The minimum atomic E-state index is -0.0549. The summed E-state index contributed by atoms with van der Waals surface area (Å²) in [6.45, 7) is 2.50. The summed E-state index contributed by atoms with van der Waals surface area (Å²) in [5.41, 5.74) is 1.13. The maximum absolute atomic E-state index is 5.99. The lowest BCUT2D eigenvalue weighted by Gasteiger charge is -2.29. The van der Waals surface area contributed by atoms with Crippen molar-refractivity contribution in [3.8, 4) is 0 Å². The molecule has 0 radical (unpaired) electrons. The largest absolute Gasteiger partial charge is 0.373 e. The summed E-state index contributed by atoms with van der Waals surface area (Å²) < 4.78 is 16.5. The Bertz CT molecular complexity index is 799. The van der Waals surface area contributed by atoms with Gasteiger partial charge in [0.25, 0.3) is 0 Å². The molecule has 0 amide bonds. The Balaban J connectivity index is 1.55. The highest BCUT2D eigenvalue weighted by Crippen LogP contribution is 2.39. The number of hydrogen-bond acceptors (Lipinski definition) is 7. The number of benzene rings is 1. The number of ether oxygens (including phenoxy) is 1. The van der Waals surface area contributed by atoms with E-state index in [0.29, 0.717) is 29.9 Å². The van der Waals surface area contributed by atoms with Crippen LogP contribution in [0, 0.1) is 6.92 Å². The summed E-state index contributed by atoms with van der Waals surface area (Å²) in [5, 5.41) is 7.92. The normalized spacial score (nSPS) is 21.0. The van der Waals surface area contributed by atoms with Crippen LogP contribution in [-0.4, -0.2) is 26.9 Å². The molecule has 0 unspecified atom stereocenters. The van der Waals surface area contributed by atoms with Gasteiger partial charge in [-0.15, -0.1) is 0 Å². The third kappa shape index (κ3) is 3.07. The topological polar surface area (TPSA) is 87.1 Å². The molecule has 0 saturated carbocycles. The van der Waals surface area contributed by atoms with Crippen LogP contribution in [0.3, 0.4) is 0 Å². The molecule has 24 heavy (non-hydrogen) atoms. The Labute approximate surface area is 139 Å². The van der Waals surface area contributed by atoms with Crippen molar-refractivity contribution in [2.24, 2.45) is 0 Å². The SMILES string of the molecule is Cc1nc(Cc2noc([C@H]3CCCO[C@H]3c3ccccc3)n2)no1. The predicted molar refractivity (Wildman–Crippen MR) is 83.2 cm³/mol. The van der Waals surface area contributed by atoms with E-state index >= 15 is 0 Å². The van der Waals surface area contributed by atoms with Crippen molar-refractivity contribution in [1.29, 1.82) is 0 Å². The van der Waals surface area contributed by atoms with Gasteiger partial charge in [-0.2, -0.15) is 9.97 Å². The average Bonchev–Trinajstić information content (AvgIpc) is 3.25. The van der Waals surface area contributed by atoms with Crippen molar-refractivity contribution in [3.05, 3.63) is 59.3 Å². The van der Waals surface area contributed by atoms with Gasteiger partial charge in [-0.05, 0) is 18.4 Å². The monoisotopic (exact) mass is 326 g/mol. The Morgan fingerprint density at radius 2 is 1.83 bits per heavy atom. The van der Waals surface area contributed by atoms with Crippen molar-refractivity contribution in [2.45, 2.75) is 38.2 Å². The third-order valence-electron chi connectivity index (χ3n) is 4.14. The summed E-state index contributed by atoms with van der Waals surface area (Å²) in [7, 11) is 0. The lowest BCUT2D eigenvalue weighted by molar-refractivity contribution is -0.0103. The quantitative estimate of drug-likeness (QED) is 0.728. The van der Waals surface area contributed by atoms with Gasteiger partial charge in [0.1, 0.15) is 0 Å². The number of rotatable bonds is 4. The van der Waals surface area contributed by atoms with Crippen LogP contribution in [-0.2, 0) is 11.2 Å². The summed E-state index contributed by atoms with van der Waals surface area (Å²) in [6.07, 6.45) is 2.28. The van der Waals surface area contributed by atoms with E-state index in [1.54, 1.807) is 6.92 Å². The first-order chi connectivity index (χ1) is 11.8. The highest BCUT2D eigenvalue weighted by Gasteiger charge is 2.33. The molecular weight excluding hydrogens is 308 g/mol. The highest BCUT2D eigenvalue weighted by atomic mass is 16.5. The number of aryl methyl sites for hydroxylation is 1. The molecule has 1 aliphatic rings. The van der Waals surface area contributed by atoms with Crippen LogP contribution in [0.25, 0.3) is 0 Å². The molecule has 0 spiro atoms. The van der Waals surface area contributed by atoms with Gasteiger partial charge < -0.3 is 13.8 Å². The van der Waals surface area contributed by atoms with Gasteiger partial charge in [-0.3, -0.25) is 0 Å². The van der Waals surface area contributed by atoms with Gasteiger partial charge in [-0.25, -0.2) is 0 Å². The van der Waals surface area contributed by atoms with Gasteiger partial charge in [-0.1, -0.05) is 40.6 Å². The van der Waals surface area contributed by atoms with Crippen molar-refractivity contribution in [2.75, 3.05) is 6.61 Å². The second kappa shape index (κ2) is 6.52. The van der Waals surface area contributed by atoms with E-state index in [-0.39, 0.29) is 12.0 Å². The van der Waals surface area contributed by atoms with E-state index < -0.39 is 0 Å². The smallest absolute Gasteiger partial charge is 0.232 e. The first-order valence-corrected chi connectivity index (χ1v) is 8.08. The summed E-state index contributed by atoms with van der Waals surface area (Å²) in [4.78, 5) is 8.70. The maximum Gasteiger partial charge on any atom is 0.232 e. The third-order valence-corrected chi connectivity index (χ3v) is 4.14. The Morgan fingerprint density at radius 3 is 2.62 bits per heavy atom. The number of nitrogens with zero attached hydrogens (tertiary/aromatic N) is 4. The summed E-state index contributed by atoms with van der Waals surface area (Å²) in [5.74, 6) is 2.31. The fourth-order valence-electron chi connectivity index (χ4n) is 3.05. The van der Waals surface area contributed by atoms with E-state index in [9.17, 15) is 0 Å². The van der Waals surface area contributed by atoms with Gasteiger partial charge in [0.2, 0.25) is 11.8 Å². The molecule has 3 heterocycles. The van der Waals surface area contributed by atoms with Crippen molar-refractivity contribution >= 4 is 0 Å². The molecule has 0 aliphatic carbocycles. The first-order valence-electron chi connectivity index (χ1n) is 8.08. The van der Waals surface area contributed by atoms with Crippen LogP contribution in [0.1, 0.15) is 53.9 Å². The molecule has 3 aromatic rings. The minimum absolute atomic E-state index is 0.0549. The summed E-state index contributed by atoms with van der Waals surface area (Å²) >= 11 is 0. The molecule has 7 nitrogen and oxygen atoms in total. The molecule has 4 rings (SSSR count). The standard InChI is InChI=1S/C17H18N4O3/c1-11-18-14(20-23-11)10-15-19-17(24-21-15)13-8-5-9-22-16(13)12-6-3-2-4-7-12/h2-4,6-7,13,16H,5,8-10H2,1H3/t13-,16-/m0/s1. The Hall–Kier alpha value is -2.54. The first kappa shape index (κ1) is 15.0. The maximum atomic E-state index is 5.99. The van der Waals surface area contributed by atoms with Crippen LogP contribution in [0.2, 0.25) is 0 Å². The van der Waals surface area contributed by atoms with E-state index in [4.69, 9.17) is 13.8 Å². The molecule has 2 aromatic heterocycles. The second-order valence-electron chi connectivity index (χ2n) is 5.91. The zero-order valence-corrected chi connectivity index (χ0v) is 13.4. The Morgan fingerprint density at radius 1 is 1.04 bits per heavy atom. The zero-order chi connectivity index (χ0) is 16.4. The molecule has 1 aliphatic heterocycles. The van der Waals surface area contributed by atoms with E-state index in [2.05, 4.69) is 32.4 Å². The van der Waals surface area contributed by atoms with E-state index in [1.165, 1.54) is 0 Å². The molecule has 1 saturated heterocycles. The van der Waals surface area contributed by atoms with Crippen molar-refractivity contribution in [3.63, 3.8) is 0 Å². The van der Waals surface area contributed by atoms with Crippen molar-refractivity contribution < 1.29 is 13.8 Å². The highest BCUT2D eigenvalue weighted by molar-refractivity contribution is 5.21. The lowest BCUT2D eigenvalue weighted by Crippen LogP contribution is -2.21. The predicted octanol–water partition coefficient (Wildman–Crippen LogP) is 2.99. The lowest BCUT2D eigenvalue weighted by atomic mass is 9.89. The van der Waals surface area contributed by atoms with Crippen LogP contribution in [0.4, 0.5) is 0 Å². The van der Waals surface area contributed by atoms with Crippen LogP contribution < -0.4 is 0 Å². The fraction of sp³-hybridized carbons (Fsp3) is 0.412. The van der Waals surface area contributed by atoms with Gasteiger partial charge in [0.15, 0.2) is 11.6 Å². The molecule has 2 atom stereocenters. The van der Waals surface area contributed by atoms with Gasteiger partial charge in [0.05, 0.1) is 18.4 Å². The Kier molecular flexibility index (Phi) is 4.08. The molecule has 1 aromatic carbocycles. The fourth-order valence-corrected chi connectivity index (χ4v) is 3.05. The molecule has 7 heteroatoms. The molecular formula is C17H18N4O3. The molecule has 0 N–H and O–H groups in total. The van der Waals surface area contributed by atoms with Crippen LogP contribution in [0.5, 0.6) is 0 Å². The number of aromatic nitrogens is 4. The van der Waals surface area contributed by atoms with E-state index in [1.807, 2.05) is 18.2 Å². The van der Waals surface area contributed by atoms with Gasteiger partial charge >= 0.3 is 0 Å². The average molecular weight is 326 g/mol. The zero-order valence-electron chi connectivity index (χ0n) is 13.4. The van der Waals surface area contributed by atoms with Crippen LogP contribution >= 0.6 is 0 Å². The minimum Gasteiger partial charge on any atom is -0.373 e. The molecule has 124 valence electrons.